The number of halogens is 1. The number of hydrogen-bond donors (Lipinski definition) is 2. The molecule has 0 aliphatic carbocycles. The zero-order valence-corrected chi connectivity index (χ0v) is 15.2. The van der Waals surface area contributed by atoms with E-state index >= 15 is 0 Å². The van der Waals surface area contributed by atoms with Gasteiger partial charge in [-0.1, -0.05) is 42.5 Å². The average molecular weight is 360 g/mol. The van der Waals surface area contributed by atoms with E-state index in [1.807, 2.05) is 55.6 Å². The molecule has 4 nitrogen and oxygen atoms in total. The fourth-order valence-corrected chi connectivity index (χ4v) is 2.64. The molecule has 2 aromatic rings. The van der Waals surface area contributed by atoms with Crippen molar-refractivity contribution in [2.75, 3.05) is 20.2 Å². The minimum atomic E-state index is 0.00311. The highest BCUT2D eigenvalue weighted by atomic mass is 35.5. The third kappa shape index (κ3) is 6.61. The van der Waals surface area contributed by atoms with Gasteiger partial charge in [0.25, 0.3) is 5.91 Å². The molecule has 2 aromatic carbocycles. The number of likely N-dealkylation sites (N-methyl/N-ethyl adjacent to an activating group) is 1. The van der Waals surface area contributed by atoms with Gasteiger partial charge in [-0.2, -0.15) is 0 Å². The molecule has 0 saturated heterocycles. The molecule has 0 spiro atoms. The highest BCUT2D eigenvalue weighted by Crippen LogP contribution is 2.14. The molecule has 0 aromatic heterocycles. The van der Waals surface area contributed by atoms with Crippen LogP contribution in [0.2, 0.25) is 5.02 Å². The molecule has 132 valence electrons. The molecular formula is C20H24ClN2O2+. The summed E-state index contributed by atoms with van der Waals surface area (Å²) in [6.45, 7) is 5.73. The van der Waals surface area contributed by atoms with E-state index in [2.05, 4.69) is 11.9 Å². The molecule has 1 unspecified atom stereocenters. The highest BCUT2D eigenvalue weighted by molar-refractivity contribution is 6.31. The van der Waals surface area contributed by atoms with Crippen LogP contribution in [-0.2, 0) is 17.9 Å². The first-order valence-corrected chi connectivity index (χ1v) is 8.60. The first-order valence-electron chi connectivity index (χ1n) is 8.22. The van der Waals surface area contributed by atoms with Crippen molar-refractivity contribution in [2.24, 2.45) is 0 Å². The smallest absolute Gasteiger partial charge is 0.275 e. The van der Waals surface area contributed by atoms with Crippen molar-refractivity contribution in [2.45, 2.75) is 13.1 Å². The fraction of sp³-hybridized carbons (Fsp3) is 0.250. The summed E-state index contributed by atoms with van der Waals surface area (Å²) < 4.78 is 5.46. The van der Waals surface area contributed by atoms with E-state index in [1.54, 1.807) is 6.08 Å². The number of carbonyl (C=O) groups excluding carboxylic acids is 1. The number of quaternary nitrogens is 1. The normalized spacial score (nSPS) is 11.6. The molecule has 0 radical (unpaired) electrons. The second-order valence-electron chi connectivity index (χ2n) is 5.92. The monoisotopic (exact) mass is 359 g/mol. The summed E-state index contributed by atoms with van der Waals surface area (Å²) >= 11 is 6.09. The Labute approximate surface area is 154 Å². The van der Waals surface area contributed by atoms with Gasteiger partial charge in [-0.3, -0.25) is 4.79 Å². The molecule has 0 heterocycles. The maximum Gasteiger partial charge on any atom is 0.275 e. The highest BCUT2D eigenvalue weighted by Gasteiger charge is 2.11. The Hall–Kier alpha value is -2.30. The first-order chi connectivity index (χ1) is 12.1. The van der Waals surface area contributed by atoms with Crippen molar-refractivity contribution in [3.05, 3.63) is 77.3 Å². The van der Waals surface area contributed by atoms with Crippen LogP contribution >= 0.6 is 11.6 Å². The van der Waals surface area contributed by atoms with Crippen molar-refractivity contribution in [3.8, 4) is 5.75 Å². The number of nitrogens with one attached hydrogen (secondary N) is 2. The van der Waals surface area contributed by atoms with Crippen LogP contribution in [0.15, 0.2) is 61.2 Å². The van der Waals surface area contributed by atoms with Crippen molar-refractivity contribution in [1.29, 1.82) is 0 Å². The van der Waals surface area contributed by atoms with E-state index in [0.29, 0.717) is 24.7 Å². The summed E-state index contributed by atoms with van der Waals surface area (Å²) in [5.41, 5.74) is 2.08. The number of benzene rings is 2. The SMILES string of the molecule is C=CCOc1ccc(C[NH+](C)CC(=O)NCc2ccccc2Cl)cc1. The van der Waals surface area contributed by atoms with Crippen LogP contribution in [0, 0.1) is 0 Å². The molecule has 0 saturated carbocycles. The molecule has 1 amide bonds. The Balaban J connectivity index is 1.77. The van der Waals surface area contributed by atoms with Crippen LogP contribution in [0.4, 0.5) is 0 Å². The Morgan fingerprint density at radius 3 is 2.64 bits per heavy atom. The Morgan fingerprint density at radius 2 is 1.96 bits per heavy atom. The second-order valence-corrected chi connectivity index (χ2v) is 6.33. The van der Waals surface area contributed by atoms with Gasteiger partial charge >= 0.3 is 0 Å². The fourth-order valence-electron chi connectivity index (χ4n) is 2.44. The summed E-state index contributed by atoms with van der Waals surface area (Å²) in [5, 5.41) is 3.58. The van der Waals surface area contributed by atoms with E-state index in [-0.39, 0.29) is 5.91 Å². The van der Waals surface area contributed by atoms with Crippen molar-refractivity contribution in [3.63, 3.8) is 0 Å². The van der Waals surface area contributed by atoms with Crippen LogP contribution in [0.5, 0.6) is 5.75 Å². The molecule has 2 rings (SSSR count). The zero-order chi connectivity index (χ0) is 18.1. The number of ether oxygens (including phenoxy) is 1. The van der Waals surface area contributed by atoms with E-state index in [9.17, 15) is 4.79 Å². The topological polar surface area (TPSA) is 42.8 Å². The third-order valence-corrected chi connectivity index (χ3v) is 4.06. The van der Waals surface area contributed by atoms with Crippen molar-refractivity contribution < 1.29 is 14.4 Å². The predicted molar refractivity (Wildman–Crippen MR) is 101 cm³/mol. The summed E-state index contributed by atoms with van der Waals surface area (Å²) in [6, 6.07) is 15.4. The molecule has 0 bridgehead atoms. The van der Waals surface area contributed by atoms with Gasteiger partial charge in [-0.25, -0.2) is 0 Å². The van der Waals surface area contributed by atoms with Crippen LogP contribution < -0.4 is 15.0 Å². The van der Waals surface area contributed by atoms with Gasteiger partial charge in [0.1, 0.15) is 18.9 Å². The number of rotatable bonds is 9. The number of amides is 1. The quantitative estimate of drug-likeness (QED) is 0.674. The lowest BCUT2D eigenvalue weighted by molar-refractivity contribution is -0.885. The molecule has 5 heteroatoms. The van der Waals surface area contributed by atoms with E-state index in [1.165, 1.54) is 0 Å². The molecule has 2 N–H and O–H groups in total. The summed E-state index contributed by atoms with van der Waals surface area (Å²) in [4.78, 5) is 13.2. The predicted octanol–water partition coefficient (Wildman–Crippen LogP) is 2.24. The van der Waals surface area contributed by atoms with Gasteiger partial charge in [-0.05, 0) is 35.9 Å². The minimum absolute atomic E-state index is 0.00311. The van der Waals surface area contributed by atoms with Gasteiger partial charge in [0.15, 0.2) is 6.54 Å². The first kappa shape index (κ1) is 19.0. The maximum absolute atomic E-state index is 12.1. The lowest BCUT2D eigenvalue weighted by atomic mass is 10.2. The standard InChI is InChI=1S/C20H23ClN2O2/c1-3-12-25-18-10-8-16(9-11-18)14-23(2)15-20(24)22-13-17-6-4-5-7-19(17)21/h3-11H,1,12-15H2,2H3,(H,22,24)/p+1. The van der Waals surface area contributed by atoms with Gasteiger partial charge in [0, 0.05) is 17.1 Å². The van der Waals surface area contributed by atoms with E-state index in [0.717, 1.165) is 28.3 Å². The van der Waals surface area contributed by atoms with Gasteiger partial charge in [0.2, 0.25) is 0 Å². The van der Waals surface area contributed by atoms with Gasteiger partial charge in [0.05, 0.1) is 7.05 Å². The zero-order valence-electron chi connectivity index (χ0n) is 14.4. The van der Waals surface area contributed by atoms with Gasteiger partial charge in [-0.15, -0.1) is 0 Å². The minimum Gasteiger partial charge on any atom is -0.490 e. The third-order valence-electron chi connectivity index (χ3n) is 3.69. The Bertz CT molecular complexity index is 701. The Kier molecular flexibility index (Phi) is 7.51. The molecule has 0 aliphatic rings. The number of carbonyl (C=O) groups is 1. The summed E-state index contributed by atoms with van der Waals surface area (Å²) in [6.07, 6.45) is 1.72. The van der Waals surface area contributed by atoms with Crippen LogP contribution in [0.1, 0.15) is 11.1 Å². The average Bonchev–Trinajstić information content (AvgIpc) is 2.60. The van der Waals surface area contributed by atoms with E-state index in [4.69, 9.17) is 16.3 Å². The molecule has 25 heavy (non-hydrogen) atoms. The number of hydrogen-bond acceptors (Lipinski definition) is 2. The largest absolute Gasteiger partial charge is 0.490 e. The maximum atomic E-state index is 12.1. The summed E-state index contributed by atoms with van der Waals surface area (Å²) in [5.74, 6) is 0.821. The Morgan fingerprint density at radius 1 is 1.24 bits per heavy atom. The van der Waals surface area contributed by atoms with E-state index < -0.39 is 0 Å². The molecule has 0 aliphatic heterocycles. The van der Waals surface area contributed by atoms with Crippen LogP contribution in [-0.4, -0.2) is 26.1 Å². The molecule has 0 fully saturated rings. The van der Waals surface area contributed by atoms with Crippen LogP contribution in [0.3, 0.4) is 0 Å². The molecule has 1 atom stereocenters. The van der Waals surface area contributed by atoms with Crippen LogP contribution in [0.25, 0.3) is 0 Å². The second kappa shape index (κ2) is 9.87. The lowest BCUT2D eigenvalue weighted by Crippen LogP contribution is -3.08. The van der Waals surface area contributed by atoms with Crippen molar-refractivity contribution in [1.82, 2.24) is 5.32 Å². The lowest BCUT2D eigenvalue weighted by Gasteiger charge is -2.14. The van der Waals surface area contributed by atoms with Gasteiger partial charge < -0.3 is 15.0 Å². The van der Waals surface area contributed by atoms with Crippen molar-refractivity contribution >= 4 is 17.5 Å². The molecular weight excluding hydrogens is 336 g/mol. The summed E-state index contributed by atoms with van der Waals surface area (Å²) in [7, 11) is 2.00.